The first-order valence-corrected chi connectivity index (χ1v) is 7.09. The van der Waals surface area contributed by atoms with Gasteiger partial charge in [-0.05, 0) is 12.8 Å². The molecule has 21 heavy (non-hydrogen) atoms. The molecule has 0 fully saturated rings. The third kappa shape index (κ3) is 2.28. The fraction of sp³-hybridized carbons (Fsp3) is 0.231. The van der Waals surface area contributed by atoms with Crippen molar-refractivity contribution >= 4 is 45.3 Å². The summed E-state index contributed by atoms with van der Waals surface area (Å²) in [4.78, 5) is 23.6. The van der Waals surface area contributed by atoms with Crippen LogP contribution in [0, 0.1) is 0 Å². The lowest BCUT2D eigenvalue weighted by atomic mass is 10.2. The van der Waals surface area contributed by atoms with E-state index in [1.165, 1.54) is 11.3 Å². The van der Waals surface area contributed by atoms with E-state index in [1.54, 1.807) is 12.2 Å². The number of anilines is 1. The highest BCUT2D eigenvalue weighted by Crippen LogP contribution is 2.42. The molecule has 0 saturated heterocycles. The molecule has 1 aliphatic rings. The summed E-state index contributed by atoms with van der Waals surface area (Å²) in [5.74, 6) is -0.912. The zero-order chi connectivity index (χ0) is 15.1. The number of carbonyl (C=O) groups is 2. The van der Waals surface area contributed by atoms with Crippen molar-refractivity contribution in [2.45, 2.75) is 18.9 Å². The average molecular weight is 307 g/mol. The van der Waals surface area contributed by atoms with Crippen LogP contribution < -0.4 is 16.8 Å². The van der Waals surface area contributed by atoms with E-state index < -0.39 is 18.0 Å². The highest BCUT2D eigenvalue weighted by molar-refractivity contribution is 7.20. The summed E-state index contributed by atoms with van der Waals surface area (Å²) in [6.07, 6.45) is 4.21. The van der Waals surface area contributed by atoms with Crippen LogP contribution in [0.1, 0.15) is 27.4 Å². The van der Waals surface area contributed by atoms with E-state index in [0.29, 0.717) is 23.1 Å². The van der Waals surface area contributed by atoms with E-state index in [1.807, 2.05) is 0 Å². The maximum absolute atomic E-state index is 11.4. The standard InChI is InChI=1S/C13H13N3O4S/c14-12(18)10-8(16-13(15)19)11-9(20-10)6-3-1-5(17)2-4-7(6)21-11/h1,3,5,17H,2,4H2,(H2,14,18)(H3,15,16,19). The molecule has 3 rings (SSSR count). The van der Waals surface area contributed by atoms with E-state index in [0.717, 1.165) is 10.4 Å². The number of rotatable bonds is 2. The maximum Gasteiger partial charge on any atom is 0.316 e. The largest absolute Gasteiger partial charge is 0.447 e. The van der Waals surface area contributed by atoms with Crippen molar-refractivity contribution in [1.29, 1.82) is 0 Å². The van der Waals surface area contributed by atoms with Crippen molar-refractivity contribution in [1.82, 2.24) is 0 Å². The first kappa shape index (κ1) is 13.7. The monoisotopic (exact) mass is 307 g/mol. The molecule has 0 radical (unpaired) electrons. The summed E-state index contributed by atoms with van der Waals surface area (Å²) in [5, 5.41) is 12.1. The molecule has 3 amide bonds. The number of nitrogens with two attached hydrogens (primary N) is 2. The second-order valence-electron chi connectivity index (χ2n) is 4.72. The smallest absolute Gasteiger partial charge is 0.316 e. The van der Waals surface area contributed by atoms with Crippen LogP contribution in [0.4, 0.5) is 10.5 Å². The fourth-order valence-electron chi connectivity index (χ4n) is 2.34. The van der Waals surface area contributed by atoms with E-state index in [4.69, 9.17) is 15.9 Å². The molecule has 1 unspecified atom stereocenters. The summed E-state index contributed by atoms with van der Waals surface area (Å²) in [5.41, 5.74) is 11.9. The van der Waals surface area contributed by atoms with Crippen LogP contribution in [0.3, 0.4) is 0 Å². The first-order chi connectivity index (χ1) is 9.97. The van der Waals surface area contributed by atoms with Gasteiger partial charge in [0.05, 0.1) is 10.8 Å². The molecule has 0 aliphatic heterocycles. The van der Waals surface area contributed by atoms with Gasteiger partial charge in [0.25, 0.3) is 5.91 Å². The summed E-state index contributed by atoms with van der Waals surface area (Å²) in [6, 6.07) is -0.797. The molecule has 6 N–H and O–H groups in total. The Kier molecular flexibility index (Phi) is 3.19. The second-order valence-corrected chi connectivity index (χ2v) is 5.83. The molecule has 2 aromatic rings. The molecule has 2 aromatic heterocycles. The minimum Gasteiger partial charge on any atom is -0.447 e. The number of urea groups is 1. The van der Waals surface area contributed by atoms with Gasteiger partial charge in [-0.1, -0.05) is 12.2 Å². The Morgan fingerprint density at radius 3 is 2.86 bits per heavy atom. The predicted octanol–water partition coefficient (Wildman–Crippen LogP) is 1.40. The summed E-state index contributed by atoms with van der Waals surface area (Å²) in [7, 11) is 0. The van der Waals surface area contributed by atoms with Gasteiger partial charge in [-0.15, -0.1) is 11.3 Å². The van der Waals surface area contributed by atoms with Gasteiger partial charge in [0.1, 0.15) is 5.69 Å². The van der Waals surface area contributed by atoms with Gasteiger partial charge in [-0.3, -0.25) is 4.79 Å². The SMILES string of the molecule is NC(=O)Nc1c(C(N)=O)oc2c3c(sc12)CCC(O)C=C3. The number of hydrogen-bond donors (Lipinski definition) is 4. The normalized spacial score (nSPS) is 17.5. The van der Waals surface area contributed by atoms with E-state index in [9.17, 15) is 14.7 Å². The molecule has 7 nitrogen and oxygen atoms in total. The van der Waals surface area contributed by atoms with Crippen molar-refractivity contribution in [3.05, 3.63) is 22.3 Å². The predicted molar refractivity (Wildman–Crippen MR) is 79.2 cm³/mol. The van der Waals surface area contributed by atoms with Crippen LogP contribution >= 0.6 is 11.3 Å². The minimum absolute atomic E-state index is 0.129. The lowest BCUT2D eigenvalue weighted by Crippen LogP contribution is -2.21. The van der Waals surface area contributed by atoms with Gasteiger partial charge in [0.15, 0.2) is 5.58 Å². The minimum atomic E-state index is -0.797. The first-order valence-electron chi connectivity index (χ1n) is 6.28. The van der Waals surface area contributed by atoms with Gasteiger partial charge < -0.3 is 26.3 Å². The summed E-state index contributed by atoms with van der Waals surface area (Å²) >= 11 is 1.39. The summed E-state index contributed by atoms with van der Waals surface area (Å²) < 4.78 is 6.14. The number of amides is 3. The Morgan fingerprint density at radius 1 is 1.43 bits per heavy atom. The van der Waals surface area contributed by atoms with Crippen LogP contribution in [0.25, 0.3) is 16.4 Å². The third-order valence-electron chi connectivity index (χ3n) is 3.26. The molecular formula is C13H13N3O4S. The molecule has 2 heterocycles. The van der Waals surface area contributed by atoms with Gasteiger partial charge >= 0.3 is 6.03 Å². The van der Waals surface area contributed by atoms with E-state index in [-0.39, 0.29) is 11.4 Å². The molecule has 1 aliphatic carbocycles. The number of hydrogen-bond acceptors (Lipinski definition) is 5. The van der Waals surface area contributed by atoms with Gasteiger partial charge in [-0.2, -0.15) is 0 Å². The topological polar surface area (TPSA) is 132 Å². The second kappa shape index (κ2) is 4.90. The zero-order valence-corrected chi connectivity index (χ0v) is 11.7. The van der Waals surface area contributed by atoms with Crippen molar-refractivity contribution < 1.29 is 19.1 Å². The molecule has 8 heteroatoms. The number of nitrogens with one attached hydrogen (secondary N) is 1. The lowest BCUT2D eigenvalue weighted by molar-refractivity contribution is 0.0977. The molecule has 0 saturated carbocycles. The van der Waals surface area contributed by atoms with Crippen LogP contribution in [-0.2, 0) is 6.42 Å². The number of primary amides is 2. The highest BCUT2D eigenvalue weighted by atomic mass is 32.1. The van der Waals surface area contributed by atoms with Crippen molar-refractivity contribution in [2.24, 2.45) is 11.5 Å². The Hall–Kier alpha value is -2.32. The number of carbonyl (C=O) groups excluding carboxylic acids is 2. The number of aliphatic hydroxyl groups is 1. The van der Waals surface area contributed by atoms with Crippen LogP contribution in [0.5, 0.6) is 0 Å². The number of aryl methyl sites for hydroxylation is 1. The third-order valence-corrected chi connectivity index (χ3v) is 4.52. The molecule has 1 atom stereocenters. The van der Waals surface area contributed by atoms with Gasteiger partial charge in [0.2, 0.25) is 5.76 Å². The number of furan rings is 1. The van der Waals surface area contributed by atoms with Gasteiger partial charge in [0, 0.05) is 10.4 Å². The quantitative estimate of drug-likeness (QED) is 0.667. The Balaban J connectivity index is 2.23. The number of fused-ring (bicyclic) bond motifs is 3. The average Bonchev–Trinajstić information content (AvgIpc) is 2.84. The molecule has 0 bridgehead atoms. The zero-order valence-electron chi connectivity index (χ0n) is 10.9. The van der Waals surface area contributed by atoms with Gasteiger partial charge in [-0.25, -0.2) is 4.79 Å². The molecule has 0 spiro atoms. The Bertz CT molecular complexity index is 774. The van der Waals surface area contributed by atoms with Crippen LogP contribution in [-0.4, -0.2) is 23.1 Å². The number of aliphatic hydroxyl groups excluding tert-OH is 1. The van der Waals surface area contributed by atoms with E-state index in [2.05, 4.69) is 5.32 Å². The Labute approximate surface area is 123 Å². The van der Waals surface area contributed by atoms with Crippen molar-refractivity contribution in [3.8, 4) is 0 Å². The highest BCUT2D eigenvalue weighted by Gasteiger charge is 2.26. The number of thiophene rings is 1. The molecule has 0 aromatic carbocycles. The van der Waals surface area contributed by atoms with Crippen LogP contribution in [0.2, 0.25) is 0 Å². The Morgan fingerprint density at radius 2 is 2.19 bits per heavy atom. The fourth-order valence-corrected chi connectivity index (χ4v) is 3.57. The van der Waals surface area contributed by atoms with Crippen molar-refractivity contribution in [2.75, 3.05) is 5.32 Å². The van der Waals surface area contributed by atoms with Crippen molar-refractivity contribution in [3.63, 3.8) is 0 Å². The van der Waals surface area contributed by atoms with Crippen LogP contribution in [0.15, 0.2) is 10.5 Å². The summed E-state index contributed by atoms with van der Waals surface area (Å²) in [6.45, 7) is 0. The molecule has 110 valence electrons. The van der Waals surface area contributed by atoms with E-state index >= 15 is 0 Å². The maximum atomic E-state index is 11.4. The molecular weight excluding hydrogens is 294 g/mol. The lowest BCUT2D eigenvalue weighted by Gasteiger charge is -2.01.